The molecular weight excluding hydrogens is 324 g/mol. The van der Waals surface area contributed by atoms with Gasteiger partial charge >= 0.3 is 0 Å². The zero-order valence-electron chi connectivity index (χ0n) is 9.64. The van der Waals surface area contributed by atoms with Crippen molar-refractivity contribution in [2.24, 2.45) is 0 Å². The van der Waals surface area contributed by atoms with E-state index >= 15 is 0 Å². The Labute approximate surface area is 116 Å². The van der Waals surface area contributed by atoms with Gasteiger partial charge in [0.1, 0.15) is 23.3 Å². The van der Waals surface area contributed by atoms with Gasteiger partial charge in [-0.3, -0.25) is 0 Å². The first-order valence-corrected chi connectivity index (χ1v) is 6.42. The first kappa shape index (κ1) is 14.1. The summed E-state index contributed by atoms with van der Waals surface area (Å²) in [6.07, 6.45) is 0.0617. The minimum Gasteiger partial charge on any atom is -0.207 e. The van der Waals surface area contributed by atoms with E-state index < -0.39 is 28.1 Å². The molecule has 0 radical (unpaired) electrons. The van der Waals surface area contributed by atoms with E-state index in [1.165, 1.54) is 18.2 Å². The van der Waals surface area contributed by atoms with Gasteiger partial charge in [0.2, 0.25) is 0 Å². The van der Waals surface area contributed by atoms with Crippen LogP contribution in [0.2, 0.25) is 0 Å². The fraction of sp³-hybridized carbons (Fsp3) is 0.143. The molecule has 0 saturated heterocycles. The lowest BCUT2D eigenvalue weighted by Crippen LogP contribution is -2.04. The third-order valence-corrected chi connectivity index (χ3v) is 3.50. The third kappa shape index (κ3) is 3.15. The average Bonchev–Trinajstić information content (AvgIpc) is 2.30. The number of halogens is 5. The minimum atomic E-state index is -0.990. The van der Waals surface area contributed by atoms with Crippen LogP contribution >= 0.6 is 15.9 Å². The lowest BCUT2D eigenvalue weighted by Gasteiger charge is -2.13. The van der Waals surface area contributed by atoms with Crippen LogP contribution in [0.25, 0.3) is 0 Å². The number of hydrogen-bond donors (Lipinski definition) is 0. The van der Waals surface area contributed by atoms with Crippen molar-refractivity contribution in [2.75, 3.05) is 0 Å². The number of benzene rings is 2. The Morgan fingerprint density at radius 2 is 1.47 bits per heavy atom. The Morgan fingerprint density at radius 1 is 0.895 bits per heavy atom. The molecule has 100 valence electrons. The second-order valence-corrected chi connectivity index (χ2v) is 5.15. The molecule has 0 aliphatic carbocycles. The second-order valence-electron chi connectivity index (χ2n) is 4.05. The molecule has 0 aliphatic rings. The molecule has 2 aromatic carbocycles. The molecule has 0 fully saturated rings. The number of rotatable bonds is 3. The normalized spacial score (nSPS) is 12.5. The van der Waals surface area contributed by atoms with Gasteiger partial charge in [0.25, 0.3) is 0 Å². The lowest BCUT2D eigenvalue weighted by atomic mass is 10.0. The second kappa shape index (κ2) is 5.74. The van der Waals surface area contributed by atoms with Gasteiger partial charge in [0.05, 0.1) is 0 Å². The van der Waals surface area contributed by atoms with Crippen molar-refractivity contribution in [2.45, 2.75) is 11.2 Å². The summed E-state index contributed by atoms with van der Waals surface area (Å²) in [7, 11) is 0. The molecule has 2 rings (SSSR count). The van der Waals surface area contributed by atoms with Crippen molar-refractivity contribution >= 4 is 15.9 Å². The van der Waals surface area contributed by atoms with Crippen molar-refractivity contribution in [3.63, 3.8) is 0 Å². The monoisotopic (exact) mass is 332 g/mol. The molecule has 1 atom stereocenters. The molecule has 1 unspecified atom stereocenters. The highest BCUT2D eigenvalue weighted by molar-refractivity contribution is 9.09. The first-order valence-electron chi connectivity index (χ1n) is 5.51. The van der Waals surface area contributed by atoms with Gasteiger partial charge in [-0.05, 0) is 18.1 Å². The van der Waals surface area contributed by atoms with Crippen LogP contribution in [0.4, 0.5) is 17.6 Å². The van der Waals surface area contributed by atoms with E-state index in [0.29, 0.717) is 17.7 Å². The van der Waals surface area contributed by atoms with Gasteiger partial charge in [-0.25, -0.2) is 17.6 Å². The van der Waals surface area contributed by atoms with Crippen molar-refractivity contribution in [3.05, 3.63) is 70.8 Å². The zero-order valence-corrected chi connectivity index (χ0v) is 11.2. The van der Waals surface area contributed by atoms with E-state index in [9.17, 15) is 17.6 Å². The van der Waals surface area contributed by atoms with Crippen LogP contribution in [0, 0.1) is 23.3 Å². The third-order valence-electron chi connectivity index (χ3n) is 2.71. The zero-order chi connectivity index (χ0) is 14.0. The van der Waals surface area contributed by atoms with Crippen LogP contribution in [0.5, 0.6) is 0 Å². The smallest absolute Gasteiger partial charge is 0.133 e. The summed E-state index contributed by atoms with van der Waals surface area (Å²) in [5, 5.41) is 0. The Morgan fingerprint density at radius 3 is 2.05 bits per heavy atom. The van der Waals surface area contributed by atoms with Gasteiger partial charge in [-0.15, -0.1) is 0 Å². The van der Waals surface area contributed by atoms with Crippen LogP contribution < -0.4 is 0 Å². The topological polar surface area (TPSA) is 0 Å². The predicted molar refractivity (Wildman–Crippen MR) is 68.1 cm³/mol. The van der Waals surface area contributed by atoms with Crippen LogP contribution in [-0.4, -0.2) is 0 Å². The van der Waals surface area contributed by atoms with E-state index in [-0.39, 0.29) is 12.0 Å². The number of alkyl halides is 1. The molecule has 0 N–H and O–H groups in total. The molecule has 0 bridgehead atoms. The minimum absolute atomic E-state index is 0.0617. The molecule has 0 saturated carbocycles. The van der Waals surface area contributed by atoms with Crippen molar-refractivity contribution in [3.8, 4) is 0 Å². The SMILES string of the molecule is Fc1cc(F)c(C(Br)Cc2ccccc2F)c(F)c1. The summed E-state index contributed by atoms with van der Waals surface area (Å²) < 4.78 is 53.4. The van der Waals surface area contributed by atoms with Crippen LogP contribution in [0.15, 0.2) is 36.4 Å². The van der Waals surface area contributed by atoms with Gasteiger partial charge in [-0.1, -0.05) is 34.1 Å². The highest BCUT2D eigenvalue weighted by Crippen LogP contribution is 2.32. The standard InChI is InChI=1S/C14H9BrF4/c15-10(5-8-3-1-2-4-11(8)17)14-12(18)6-9(16)7-13(14)19/h1-4,6-7,10H,5H2. The van der Waals surface area contributed by atoms with Crippen molar-refractivity contribution in [1.82, 2.24) is 0 Å². The van der Waals surface area contributed by atoms with E-state index in [1.807, 2.05) is 0 Å². The Hall–Kier alpha value is -1.36. The summed E-state index contributed by atoms with van der Waals surface area (Å²) >= 11 is 3.11. The largest absolute Gasteiger partial charge is 0.207 e. The summed E-state index contributed by atoms with van der Waals surface area (Å²) in [5.41, 5.74) is 0.0251. The molecule has 5 heteroatoms. The highest BCUT2D eigenvalue weighted by atomic mass is 79.9. The van der Waals surface area contributed by atoms with Gasteiger partial charge in [-0.2, -0.15) is 0 Å². The molecule has 0 spiro atoms. The lowest BCUT2D eigenvalue weighted by molar-refractivity contribution is 0.520. The highest BCUT2D eigenvalue weighted by Gasteiger charge is 2.20. The molecule has 0 aromatic heterocycles. The molecule has 0 nitrogen and oxygen atoms in total. The average molecular weight is 333 g/mol. The van der Waals surface area contributed by atoms with Crippen molar-refractivity contribution in [1.29, 1.82) is 0 Å². The summed E-state index contributed by atoms with van der Waals surface area (Å²) in [5.74, 6) is -3.41. The van der Waals surface area contributed by atoms with E-state index in [2.05, 4.69) is 15.9 Å². The van der Waals surface area contributed by atoms with Crippen LogP contribution in [0.3, 0.4) is 0 Å². The molecule has 2 aromatic rings. The quantitative estimate of drug-likeness (QED) is 0.552. The fourth-order valence-electron chi connectivity index (χ4n) is 1.81. The molecule has 19 heavy (non-hydrogen) atoms. The summed E-state index contributed by atoms with van der Waals surface area (Å²) in [4.78, 5) is -0.773. The van der Waals surface area contributed by atoms with Crippen LogP contribution in [0.1, 0.15) is 16.0 Å². The van der Waals surface area contributed by atoms with Crippen molar-refractivity contribution < 1.29 is 17.6 Å². The Kier molecular flexibility index (Phi) is 4.24. The van der Waals surface area contributed by atoms with Gasteiger partial charge in [0.15, 0.2) is 0 Å². The van der Waals surface area contributed by atoms with E-state index in [1.54, 1.807) is 6.07 Å². The summed E-state index contributed by atoms with van der Waals surface area (Å²) in [6.45, 7) is 0. The molecule has 0 aliphatic heterocycles. The molecular formula is C14H9BrF4. The Balaban J connectivity index is 2.31. The van der Waals surface area contributed by atoms with E-state index in [4.69, 9.17) is 0 Å². The maximum atomic E-state index is 13.6. The van der Waals surface area contributed by atoms with Crippen LogP contribution in [-0.2, 0) is 6.42 Å². The molecule has 0 heterocycles. The first-order chi connectivity index (χ1) is 8.99. The predicted octanol–water partition coefficient (Wildman–Crippen LogP) is 4.92. The van der Waals surface area contributed by atoms with Gasteiger partial charge < -0.3 is 0 Å². The van der Waals surface area contributed by atoms with Gasteiger partial charge in [0, 0.05) is 22.5 Å². The fourth-order valence-corrected chi connectivity index (χ4v) is 2.60. The number of hydrogen-bond acceptors (Lipinski definition) is 0. The maximum Gasteiger partial charge on any atom is 0.133 e. The Bertz CT molecular complexity index is 575. The molecule has 0 amide bonds. The van der Waals surface area contributed by atoms with E-state index in [0.717, 1.165) is 0 Å². The maximum absolute atomic E-state index is 13.6. The summed E-state index contributed by atoms with van der Waals surface area (Å²) in [6, 6.07) is 7.17.